The molecule has 3 rings (SSSR count). The Morgan fingerprint density at radius 2 is 1.87 bits per heavy atom. The highest BCUT2D eigenvalue weighted by Crippen LogP contribution is 2.24. The SMILES string of the molecule is CC(C)[C@@H](NC(=O)c1ccccc1)c1nnc(SCC(=O)Nc2cccnc2)n1C. The lowest BCUT2D eigenvalue weighted by Gasteiger charge is -2.21. The van der Waals surface area contributed by atoms with Gasteiger partial charge in [-0.2, -0.15) is 0 Å². The minimum atomic E-state index is -0.311. The number of aromatic nitrogens is 4. The molecule has 156 valence electrons. The van der Waals surface area contributed by atoms with Gasteiger partial charge < -0.3 is 15.2 Å². The molecule has 0 aliphatic carbocycles. The van der Waals surface area contributed by atoms with Crippen molar-refractivity contribution >= 4 is 29.3 Å². The summed E-state index contributed by atoms with van der Waals surface area (Å²) in [5.41, 5.74) is 1.23. The van der Waals surface area contributed by atoms with Gasteiger partial charge in [-0.05, 0) is 30.2 Å². The summed E-state index contributed by atoms with van der Waals surface area (Å²) >= 11 is 1.28. The van der Waals surface area contributed by atoms with Crippen molar-refractivity contribution in [1.29, 1.82) is 0 Å². The van der Waals surface area contributed by atoms with E-state index in [1.54, 1.807) is 36.7 Å². The van der Waals surface area contributed by atoms with Crippen molar-refractivity contribution in [3.05, 3.63) is 66.2 Å². The summed E-state index contributed by atoms with van der Waals surface area (Å²) in [5, 5.41) is 14.9. The highest BCUT2D eigenvalue weighted by molar-refractivity contribution is 7.99. The van der Waals surface area contributed by atoms with Crippen molar-refractivity contribution < 1.29 is 9.59 Å². The molecule has 2 aromatic heterocycles. The second-order valence-electron chi connectivity index (χ2n) is 7.04. The molecule has 2 heterocycles. The van der Waals surface area contributed by atoms with Gasteiger partial charge in [0.1, 0.15) is 0 Å². The molecule has 1 aromatic carbocycles. The molecule has 0 spiro atoms. The number of anilines is 1. The number of nitrogens with zero attached hydrogens (tertiary/aromatic N) is 4. The van der Waals surface area contributed by atoms with Gasteiger partial charge in [0.05, 0.1) is 23.7 Å². The molecule has 8 nitrogen and oxygen atoms in total. The number of pyridine rings is 1. The van der Waals surface area contributed by atoms with Crippen molar-refractivity contribution in [3.63, 3.8) is 0 Å². The van der Waals surface area contributed by atoms with Crippen molar-refractivity contribution in [2.45, 2.75) is 25.0 Å². The monoisotopic (exact) mass is 424 g/mol. The third-order valence-corrected chi connectivity index (χ3v) is 5.43. The molecule has 1 atom stereocenters. The van der Waals surface area contributed by atoms with Crippen LogP contribution in [0.1, 0.15) is 36.1 Å². The molecule has 2 amide bonds. The molecule has 0 bridgehead atoms. The van der Waals surface area contributed by atoms with Crippen LogP contribution in [0.2, 0.25) is 0 Å². The van der Waals surface area contributed by atoms with Crippen molar-refractivity contribution in [1.82, 2.24) is 25.1 Å². The summed E-state index contributed by atoms with van der Waals surface area (Å²) in [6.07, 6.45) is 3.23. The fourth-order valence-corrected chi connectivity index (χ4v) is 3.55. The zero-order chi connectivity index (χ0) is 21.5. The van der Waals surface area contributed by atoms with Crippen LogP contribution in [0, 0.1) is 5.92 Å². The van der Waals surface area contributed by atoms with Crippen LogP contribution in [-0.4, -0.2) is 37.3 Å². The molecule has 3 aromatic rings. The van der Waals surface area contributed by atoms with Crippen molar-refractivity contribution in [2.24, 2.45) is 13.0 Å². The normalized spacial score (nSPS) is 11.9. The van der Waals surface area contributed by atoms with E-state index in [-0.39, 0.29) is 29.5 Å². The maximum absolute atomic E-state index is 12.6. The fourth-order valence-electron chi connectivity index (χ4n) is 2.83. The maximum Gasteiger partial charge on any atom is 0.251 e. The van der Waals surface area contributed by atoms with Crippen molar-refractivity contribution in [2.75, 3.05) is 11.1 Å². The average Bonchev–Trinajstić information content (AvgIpc) is 3.11. The standard InChI is InChI=1S/C21H24N6O2S/c1-14(2)18(24-20(29)15-8-5-4-6-9-15)19-25-26-21(27(19)3)30-13-17(28)23-16-10-7-11-22-12-16/h4-12,14,18H,13H2,1-3H3,(H,23,28)(H,24,29)/t18-/m1/s1. The Hall–Kier alpha value is -3.20. The first-order valence-corrected chi connectivity index (χ1v) is 10.5. The third kappa shape index (κ3) is 5.44. The summed E-state index contributed by atoms with van der Waals surface area (Å²) in [6, 6.07) is 12.3. The molecule has 30 heavy (non-hydrogen) atoms. The number of hydrogen-bond donors (Lipinski definition) is 2. The number of rotatable bonds is 8. The van der Waals surface area contributed by atoms with Gasteiger partial charge in [0, 0.05) is 18.8 Å². The van der Waals surface area contributed by atoms with E-state index in [1.807, 2.05) is 43.7 Å². The van der Waals surface area contributed by atoms with E-state index >= 15 is 0 Å². The molecule has 0 fully saturated rings. The second-order valence-corrected chi connectivity index (χ2v) is 7.98. The first-order chi connectivity index (χ1) is 14.5. The van der Waals surface area contributed by atoms with Gasteiger partial charge in [0.15, 0.2) is 11.0 Å². The van der Waals surface area contributed by atoms with Crippen molar-refractivity contribution in [3.8, 4) is 0 Å². The summed E-state index contributed by atoms with van der Waals surface area (Å²) in [5.74, 6) is 0.610. The predicted octanol–water partition coefficient (Wildman–Crippen LogP) is 3.07. The molecule has 0 saturated carbocycles. The lowest BCUT2D eigenvalue weighted by Crippen LogP contribution is -2.33. The number of hydrogen-bond acceptors (Lipinski definition) is 6. The lowest BCUT2D eigenvalue weighted by molar-refractivity contribution is -0.113. The zero-order valence-electron chi connectivity index (χ0n) is 17.1. The number of benzene rings is 1. The molecule has 2 N–H and O–H groups in total. The minimum absolute atomic E-state index is 0.104. The van der Waals surface area contributed by atoms with Gasteiger partial charge >= 0.3 is 0 Å². The van der Waals surface area contributed by atoms with Crippen LogP contribution in [-0.2, 0) is 11.8 Å². The number of amides is 2. The Labute approximate surface area is 179 Å². The summed E-state index contributed by atoms with van der Waals surface area (Å²) in [6.45, 7) is 4.03. The van der Waals surface area contributed by atoms with Gasteiger partial charge in [-0.3, -0.25) is 14.6 Å². The smallest absolute Gasteiger partial charge is 0.251 e. The highest BCUT2D eigenvalue weighted by Gasteiger charge is 2.25. The Morgan fingerprint density at radius 3 is 2.53 bits per heavy atom. The van der Waals surface area contributed by atoms with Crippen LogP contribution in [0.15, 0.2) is 60.0 Å². The first kappa shape index (κ1) is 21.5. The van der Waals surface area contributed by atoms with Gasteiger partial charge in [-0.25, -0.2) is 0 Å². The van der Waals surface area contributed by atoms with Crippen LogP contribution in [0.5, 0.6) is 0 Å². The lowest BCUT2D eigenvalue weighted by atomic mass is 10.0. The Morgan fingerprint density at radius 1 is 1.10 bits per heavy atom. The minimum Gasteiger partial charge on any atom is -0.342 e. The van der Waals surface area contributed by atoms with Gasteiger partial charge in [-0.15, -0.1) is 10.2 Å². The van der Waals surface area contributed by atoms with E-state index in [4.69, 9.17) is 0 Å². The van der Waals surface area contributed by atoms with Crippen LogP contribution >= 0.6 is 11.8 Å². The number of carbonyl (C=O) groups excluding carboxylic acids is 2. The zero-order valence-corrected chi connectivity index (χ0v) is 17.9. The number of carbonyl (C=O) groups is 2. The fraction of sp³-hybridized carbons (Fsp3) is 0.286. The predicted molar refractivity (Wildman–Crippen MR) is 116 cm³/mol. The van der Waals surface area contributed by atoms with Crippen LogP contribution in [0.25, 0.3) is 0 Å². The van der Waals surface area contributed by atoms with E-state index in [0.717, 1.165) is 0 Å². The first-order valence-electron chi connectivity index (χ1n) is 9.53. The van der Waals surface area contributed by atoms with Crippen LogP contribution < -0.4 is 10.6 Å². The summed E-state index contributed by atoms with van der Waals surface area (Å²) in [4.78, 5) is 28.8. The molecule has 0 saturated heterocycles. The third-order valence-electron chi connectivity index (χ3n) is 4.41. The highest BCUT2D eigenvalue weighted by atomic mass is 32.2. The summed E-state index contributed by atoms with van der Waals surface area (Å²) < 4.78 is 1.82. The van der Waals surface area contributed by atoms with E-state index < -0.39 is 0 Å². The Balaban J connectivity index is 1.66. The van der Waals surface area contributed by atoms with Gasteiger partial charge in [0.2, 0.25) is 5.91 Å². The Kier molecular flexibility index (Phi) is 7.18. The van der Waals surface area contributed by atoms with E-state index in [9.17, 15) is 9.59 Å². The van der Waals surface area contributed by atoms with Gasteiger partial charge in [-0.1, -0.05) is 43.8 Å². The molecule has 9 heteroatoms. The maximum atomic E-state index is 12.6. The summed E-state index contributed by atoms with van der Waals surface area (Å²) in [7, 11) is 1.83. The van der Waals surface area contributed by atoms with Gasteiger partial charge in [0.25, 0.3) is 5.91 Å². The molecule has 0 aliphatic heterocycles. The largest absolute Gasteiger partial charge is 0.342 e. The van der Waals surface area contributed by atoms with Crippen LogP contribution in [0.4, 0.5) is 5.69 Å². The number of nitrogens with one attached hydrogen (secondary N) is 2. The topological polar surface area (TPSA) is 102 Å². The molecular weight excluding hydrogens is 400 g/mol. The average molecular weight is 425 g/mol. The second kappa shape index (κ2) is 10.0. The quantitative estimate of drug-likeness (QED) is 0.539. The van der Waals surface area contributed by atoms with E-state index in [0.29, 0.717) is 22.2 Å². The molecule has 0 aliphatic rings. The molecule has 0 radical (unpaired) electrons. The molecular formula is C21H24N6O2S. The Bertz CT molecular complexity index is 991. The van der Waals surface area contributed by atoms with E-state index in [1.165, 1.54) is 11.8 Å². The van der Waals surface area contributed by atoms with Crippen LogP contribution in [0.3, 0.4) is 0 Å². The molecule has 0 unspecified atom stereocenters. The van der Waals surface area contributed by atoms with E-state index in [2.05, 4.69) is 25.8 Å². The number of thioether (sulfide) groups is 1.